The van der Waals surface area contributed by atoms with Gasteiger partial charge in [-0.15, -0.1) is 0 Å². The summed E-state index contributed by atoms with van der Waals surface area (Å²) in [6, 6.07) is 9.72. The van der Waals surface area contributed by atoms with E-state index in [1.165, 1.54) is 27.1 Å². The van der Waals surface area contributed by atoms with Crippen molar-refractivity contribution < 1.29 is 36.2 Å². The molecule has 12 heteroatoms. The fraction of sp³-hybridized carbons (Fsp3) is 0.419. The van der Waals surface area contributed by atoms with Crippen molar-refractivity contribution in [1.29, 1.82) is 0 Å². The average molecular weight is 630 g/mol. The van der Waals surface area contributed by atoms with Crippen molar-refractivity contribution in [3.63, 3.8) is 0 Å². The summed E-state index contributed by atoms with van der Waals surface area (Å²) in [5.41, 5.74) is -4.01. The maximum atomic E-state index is 13.9. The second kappa shape index (κ2) is 13.5. The van der Waals surface area contributed by atoms with Crippen LogP contribution in [0.5, 0.6) is 0 Å². The van der Waals surface area contributed by atoms with Gasteiger partial charge in [0.2, 0.25) is 5.91 Å². The monoisotopic (exact) mass is 629 g/mol. The number of benzene rings is 2. The van der Waals surface area contributed by atoms with Gasteiger partial charge in [0.15, 0.2) is 0 Å². The van der Waals surface area contributed by atoms with E-state index in [9.17, 15) is 36.2 Å². The lowest BCUT2D eigenvalue weighted by atomic mass is 9.81. The largest absolute Gasteiger partial charge is 0.416 e. The number of halogens is 7. The first-order valence-corrected chi connectivity index (χ1v) is 14.1. The molecule has 0 bridgehead atoms. The Labute approximate surface area is 252 Å². The normalized spacial score (nSPS) is 12.4. The van der Waals surface area contributed by atoms with E-state index >= 15 is 0 Å². The molecule has 0 saturated carbocycles. The lowest BCUT2D eigenvalue weighted by molar-refractivity contribution is -0.143. The number of amides is 1. The molecule has 1 N–H and O–H groups in total. The van der Waals surface area contributed by atoms with Crippen LogP contribution < -0.4 is 9.80 Å². The Morgan fingerprint density at radius 1 is 0.884 bits per heavy atom. The lowest BCUT2D eigenvalue weighted by Crippen LogP contribution is -2.42. The van der Waals surface area contributed by atoms with Crippen LogP contribution in [0.15, 0.2) is 54.7 Å². The van der Waals surface area contributed by atoms with Gasteiger partial charge < -0.3 is 14.9 Å². The van der Waals surface area contributed by atoms with Gasteiger partial charge in [-0.3, -0.25) is 4.79 Å². The van der Waals surface area contributed by atoms with Crippen molar-refractivity contribution in [2.24, 2.45) is 0 Å². The van der Waals surface area contributed by atoms with E-state index in [-0.39, 0.29) is 18.4 Å². The molecule has 0 spiro atoms. The minimum absolute atomic E-state index is 0.0323. The number of aliphatic hydroxyl groups excluding tert-OH is 1. The summed E-state index contributed by atoms with van der Waals surface area (Å²) < 4.78 is 81.5. The number of alkyl halides is 6. The fourth-order valence-corrected chi connectivity index (χ4v) is 4.99. The number of carbonyl (C=O) groups excluding carboxylic acids is 1. The molecular weight excluding hydrogens is 596 g/mol. The number of hydrogen-bond donors (Lipinski definition) is 1. The number of pyridine rings is 1. The highest BCUT2D eigenvalue weighted by Crippen LogP contribution is 2.41. The van der Waals surface area contributed by atoms with Gasteiger partial charge in [-0.1, -0.05) is 49.6 Å². The Balaban J connectivity index is 2.14. The van der Waals surface area contributed by atoms with Gasteiger partial charge in [-0.05, 0) is 56.2 Å². The summed E-state index contributed by atoms with van der Waals surface area (Å²) in [7, 11) is 1.38. The molecule has 0 unspecified atom stereocenters. The van der Waals surface area contributed by atoms with E-state index in [2.05, 4.69) is 11.9 Å². The zero-order valence-electron chi connectivity index (χ0n) is 24.3. The van der Waals surface area contributed by atoms with E-state index in [1.54, 1.807) is 30.3 Å². The predicted octanol–water partition coefficient (Wildman–Crippen LogP) is 8.37. The van der Waals surface area contributed by atoms with Gasteiger partial charge in [-0.2, -0.15) is 26.3 Å². The first-order chi connectivity index (χ1) is 20.0. The zero-order valence-corrected chi connectivity index (χ0v) is 25.0. The van der Waals surface area contributed by atoms with Crippen molar-refractivity contribution in [1.82, 2.24) is 4.98 Å². The van der Waals surface area contributed by atoms with Crippen molar-refractivity contribution in [2.45, 2.75) is 57.8 Å². The molecule has 234 valence electrons. The molecule has 1 amide bonds. The third-order valence-electron chi connectivity index (χ3n) is 7.27. The molecule has 0 saturated heterocycles. The molecule has 0 aliphatic rings. The number of rotatable bonds is 11. The number of likely N-dealkylation sites (N-methyl/N-ethyl adjacent to an activating group) is 1. The molecule has 0 radical (unpaired) electrons. The maximum absolute atomic E-state index is 13.9. The van der Waals surface area contributed by atoms with Crippen LogP contribution >= 0.6 is 11.6 Å². The molecule has 2 aromatic carbocycles. The summed E-state index contributed by atoms with van der Waals surface area (Å²) in [5.74, 6) is -0.255. The molecule has 3 aromatic rings. The second-order valence-electron chi connectivity index (χ2n) is 10.7. The number of aromatic nitrogens is 1. The van der Waals surface area contributed by atoms with Gasteiger partial charge in [0.1, 0.15) is 5.82 Å². The van der Waals surface area contributed by atoms with Crippen LogP contribution in [0.4, 0.5) is 37.8 Å². The smallest absolute Gasteiger partial charge is 0.395 e. The van der Waals surface area contributed by atoms with Crippen LogP contribution in [0.2, 0.25) is 5.02 Å². The van der Waals surface area contributed by atoms with Gasteiger partial charge in [0.25, 0.3) is 0 Å². The topological polar surface area (TPSA) is 56.7 Å². The van der Waals surface area contributed by atoms with Crippen LogP contribution in [0.25, 0.3) is 11.1 Å². The number of unbranched alkanes of at least 4 members (excludes halogenated alkanes) is 2. The Hall–Kier alpha value is -3.31. The number of hydrogen-bond acceptors (Lipinski definition) is 4. The SMILES string of the molecule is CCCCCN(CCO)c1cc(-c2ccccc2Cl)c(N(C)C(=O)C(C)(C)c2cc(C(F)(F)F)cc(C(F)(F)F)c2)cn1. The first kappa shape index (κ1) is 34.2. The molecule has 0 aliphatic heterocycles. The molecule has 3 rings (SSSR count). The number of anilines is 2. The minimum atomic E-state index is -5.06. The Bertz CT molecular complexity index is 1390. The fourth-order valence-electron chi connectivity index (χ4n) is 4.75. The summed E-state index contributed by atoms with van der Waals surface area (Å²) in [6.07, 6.45) is -5.89. The van der Waals surface area contributed by atoms with Crippen LogP contribution in [0, 0.1) is 0 Å². The predicted molar refractivity (Wildman–Crippen MR) is 156 cm³/mol. The molecule has 1 aromatic heterocycles. The Kier molecular flexibility index (Phi) is 10.8. The van der Waals surface area contributed by atoms with Gasteiger partial charge in [-0.25, -0.2) is 4.98 Å². The van der Waals surface area contributed by atoms with E-state index in [0.29, 0.717) is 47.2 Å². The van der Waals surface area contributed by atoms with Crippen LogP contribution in [0.3, 0.4) is 0 Å². The van der Waals surface area contributed by atoms with Gasteiger partial charge >= 0.3 is 12.4 Å². The summed E-state index contributed by atoms with van der Waals surface area (Å²) in [6.45, 7) is 5.40. The van der Waals surface area contributed by atoms with Crippen molar-refractivity contribution in [3.8, 4) is 11.1 Å². The highest BCUT2D eigenvalue weighted by Gasteiger charge is 2.41. The Morgan fingerprint density at radius 3 is 2.00 bits per heavy atom. The van der Waals surface area contributed by atoms with Gasteiger partial charge in [0, 0.05) is 36.3 Å². The minimum Gasteiger partial charge on any atom is -0.395 e. The van der Waals surface area contributed by atoms with E-state index in [4.69, 9.17) is 11.6 Å². The molecule has 1 heterocycles. The number of carbonyl (C=O) groups is 1. The van der Waals surface area contributed by atoms with Crippen molar-refractivity contribution >= 4 is 29.0 Å². The molecular formula is C31H34ClF6N3O2. The third-order valence-corrected chi connectivity index (χ3v) is 7.60. The Morgan fingerprint density at radius 2 is 1.47 bits per heavy atom. The summed E-state index contributed by atoms with van der Waals surface area (Å²) in [4.78, 5) is 21.5. The average Bonchev–Trinajstić information content (AvgIpc) is 2.95. The third kappa shape index (κ3) is 8.00. The van der Waals surface area contributed by atoms with Crippen LogP contribution in [-0.2, 0) is 22.6 Å². The molecule has 0 aliphatic carbocycles. The van der Waals surface area contributed by atoms with Gasteiger partial charge in [0.05, 0.1) is 35.0 Å². The van der Waals surface area contributed by atoms with Crippen LogP contribution in [0.1, 0.15) is 56.7 Å². The van der Waals surface area contributed by atoms with Crippen molar-refractivity contribution in [3.05, 3.63) is 76.4 Å². The number of nitrogens with zero attached hydrogens (tertiary/aromatic N) is 3. The maximum Gasteiger partial charge on any atom is 0.416 e. The van der Waals surface area contributed by atoms with E-state index < -0.39 is 40.4 Å². The summed E-state index contributed by atoms with van der Waals surface area (Å²) in [5, 5.41) is 10.0. The lowest BCUT2D eigenvalue weighted by Gasteiger charge is -2.32. The zero-order chi connectivity index (χ0) is 32.2. The number of aliphatic hydroxyl groups is 1. The molecule has 0 fully saturated rings. The van der Waals surface area contributed by atoms with Crippen LogP contribution in [-0.4, -0.2) is 42.7 Å². The van der Waals surface area contributed by atoms with Crippen molar-refractivity contribution in [2.75, 3.05) is 36.5 Å². The first-order valence-electron chi connectivity index (χ1n) is 13.7. The summed E-state index contributed by atoms with van der Waals surface area (Å²) >= 11 is 6.53. The standard InChI is InChI=1S/C31H34ClF6N3O2/c1-5-6-9-12-41(13-14-42)27-18-24(23-10-7-8-11-25(23)32)26(19-39-27)40(4)28(43)29(2,3)20-15-21(30(33,34)35)17-22(16-20)31(36,37)38/h7-8,10-11,15-19,42H,5-6,9,12-14H2,1-4H3. The van der Waals surface area contributed by atoms with E-state index in [1.807, 2.05) is 4.90 Å². The second-order valence-corrected chi connectivity index (χ2v) is 11.1. The molecule has 5 nitrogen and oxygen atoms in total. The highest BCUT2D eigenvalue weighted by molar-refractivity contribution is 6.33. The molecule has 43 heavy (non-hydrogen) atoms. The molecule has 0 atom stereocenters. The van der Waals surface area contributed by atoms with E-state index in [0.717, 1.165) is 24.2 Å². The highest BCUT2D eigenvalue weighted by atomic mass is 35.5. The quantitative estimate of drug-likeness (QED) is 0.171.